The fourth-order valence-electron chi connectivity index (χ4n) is 2.84. The molecule has 3 rings (SSSR count). The molecule has 1 aromatic heterocycles. The maximum absolute atomic E-state index is 12.3. The van der Waals surface area contributed by atoms with Gasteiger partial charge in [-0.15, -0.1) is 0 Å². The highest BCUT2D eigenvalue weighted by Crippen LogP contribution is 2.40. The van der Waals surface area contributed by atoms with Gasteiger partial charge in [0.2, 0.25) is 5.91 Å². The van der Waals surface area contributed by atoms with Crippen molar-refractivity contribution >= 4 is 11.6 Å². The molecule has 1 amide bonds. The van der Waals surface area contributed by atoms with Crippen molar-refractivity contribution in [1.29, 1.82) is 0 Å². The summed E-state index contributed by atoms with van der Waals surface area (Å²) in [6, 6.07) is 1.88. The highest BCUT2D eigenvalue weighted by atomic mass is 16.2. The van der Waals surface area contributed by atoms with Crippen LogP contribution in [0.1, 0.15) is 18.4 Å². The van der Waals surface area contributed by atoms with Crippen LogP contribution in [0.5, 0.6) is 0 Å². The number of pyridine rings is 1. The van der Waals surface area contributed by atoms with E-state index in [1.807, 2.05) is 12.3 Å². The Labute approximate surface area is 101 Å². The Balaban J connectivity index is 1.91. The van der Waals surface area contributed by atoms with Gasteiger partial charge in [-0.25, -0.2) is 0 Å². The van der Waals surface area contributed by atoms with E-state index in [1.54, 1.807) is 6.20 Å². The lowest BCUT2D eigenvalue weighted by atomic mass is 9.71. The van der Waals surface area contributed by atoms with Gasteiger partial charge in [0.25, 0.3) is 0 Å². The second kappa shape index (κ2) is 3.81. The summed E-state index contributed by atoms with van der Waals surface area (Å²) < 4.78 is 0. The highest BCUT2D eigenvalue weighted by molar-refractivity contribution is 5.98. The van der Waals surface area contributed by atoms with E-state index in [0.29, 0.717) is 0 Å². The third-order valence-corrected chi connectivity index (χ3v) is 4.11. The van der Waals surface area contributed by atoms with E-state index in [2.05, 4.69) is 22.2 Å². The minimum absolute atomic E-state index is 0.192. The molecule has 0 atom stereocenters. The normalized spacial score (nSPS) is 23.2. The van der Waals surface area contributed by atoms with Crippen LogP contribution in [0.2, 0.25) is 0 Å². The van der Waals surface area contributed by atoms with E-state index >= 15 is 0 Å². The summed E-state index contributed by atoms with van der Waals surface area (Å²) in [4.78, 5) is 18.7. The third kappa shape index (κ3) is 1.72. The monoisotopic (exact) mass is 231 g/mol. The first-order valence-electron chi connectivity index (χ1n) is 6.13. The molecule has 90 valence electrons. The zero-order chi connectivity index (χ0) is 11.9. The van der Waals surface area contributed by atoms with E-state index in [4.69, 9.17) is 0 Å². The SMILES string of the molecule is CN1CCC2(CC1)Cc1cnccc1NC2=O. The van der Waals surface area contributed by atoms with E-state index in [1.165, 1.54) is 5.56 Å². The summed E-state index contributed by atoms with van der Waals surface area (Å²) in [7, 11) is 2.11. The van der Waals surface area contributed by atoms with Crippen LogP contribution < -0.4 is 5.32 Å². The van der Waals surface area contributed by atoms with E-state index in [9.17, 15) is 4.79 Å². The molecule has 0 aliphatic carbocycles. The van der Waals surface area contributed by atoms with E-state index < -0.39 is 0 Å². The van der Waals surface area contributed by atoms with Gasteiger partial charge in [0.05, 0.1) is 5.41 Å². The Morgan fingerprint density at radius 1 is 1.41 bits per heavy atom. The van der Waals surface area contributed by atoms with Crippen molar-refractivity contribution in [3.8, 4) is 0 Å². The van der Waals surface area contributed by atoms with Crippen molar-refractivity contribution in [3.63, 3.8) is 0 Å². The number of nitrogens with zero attached hydrogens (tertiary/aromatic N) is 2. The second-order valence-corrected chi connectivity index (χ2v) is 5.25. The molecule has 1 N–H and O–H groups in total. The lowest BCUT2D eigenvalue weighted by Crippen LogP contribution is -2.48. The predicted molar refractivity (Wildman–Crippen MR) is 65.7 cm³/mol. The van der Waals surface area contributed by atoms with Gasteiger partial charge in [0.1, 0.15) is 0 Å². The largest absolute Gasteiger partial charge is 0.325 e. The maximum atomic E-state index is 12.3. The molecule has 2 aliphatic heterocycles. The zero-order valence-corrected chi connectivity index (χ0v) is 10.1. The van der Waals surface area contributed by atoms with Gasteiger partial charge in [0.15, 0.2) is 0 Å². The topological polar surface area (TPSA) is 45.2 Å². The molecule has 1 saturated heterocycles. The number of carbonyl (C=O) groups excluding carboxylic acids is 1. The van der Waals surface area contributed by atoms with Crippen molar-refractivity contribution in [3.05, 3.63) is 24.0 Å². The minimum Gasteiger partial charge on any atom is -0.325 e. The number of rotatable bonds is 0. The first kappa shape index (κ1) is 10.7. The first-order chi connectivity index (χ1) is 8.20. The Bertz CT molecular complexity index is 450. The van der Waals surface area contributed by atoms with Gasteiger partial charge < -0.3 is 10.2 Å². The number of hydrogen-bond donors (Lipinski definition) is 1. The average molecular weight is 231 g/mol. The van der Waals surface area contributed by atoms with Crippen LogP contribution in [-0.2, 0) is 11.2 Å². The van der Waals surface area contributed by atoms with Crippen LogP contribution in [0.15, 0.2) is 18.5 Å². The van der Waals surface area contributed by atoms with Crippen LogP contribution in [0.25, 0.3) is 0 Å². The average Bonchev–Trinajstić information content (AvgIpc) is 2.34. The van der Waals surface area contributed by atoms with Crippen molar-refractivity contribution in [1.82, 2.24) is 9.88 Å². The Morgan fingerprint density at radius 2 is 2.18 bits per heavy atom. The Morgan fingerprint density at radius 3 is 2.94 bits per heavy atom. The van der Waals surface area contributed by atoms with Crippen molar-refractivity contribution in [2.75, 3.05) is 25.5 Å². The lowest BCUT2D eigenvalue weighted by Gasteiger charge is -2.42. The molecule has 0 unspecified atom stereocenters. The fraction of sp³-hybridized carbons (Fsp3) is 0.538. The molecule has 1 aromatic rings. The number of carbonyl (C=O) groups is 1. The molecule has 0 bridgehead atoms. The van der Waals surface area contributed by atoms with Crippen LogP contribution in [0.4, 0.5) is 5.69 Å². The molecular formula is C13H17N3O. The molecule has 0 aromatic carbocycles. The van der Waals surface area contributed by atoms with Gasteiger partial charge in [0, 0.05) is 18.1 Å². The molecule has 4 heteroatoms. The van der Waals surface area contributed by atoms with Crippen LogP contribution >= 0.6 is 0 Å². The summed E-state index contributed by atoms with van der Waals surface area (Å²) in [5.74, 6) is 0.198. The smallest absolute Gasteiger partial charge is 0.231 e. The molecule has 0 radical (unpaired) electrons. The number of amides is 1. The van der Waals surface area contributed by atoms with Crippen LogP contribution in [0.3, 0.4) is 0 Å². The third-order valence-electron chi connectivity index (χ3n) is 4.11. The summed E-state index contributed by atoms with van der Waals surface area (Å²) in [6.07, 6.45) is 6.35. The second-order valence-electron chi connectivity index (χ2n) is 5.25. The molecule has 1 spiro atoms. The Hall–Kier alpha value is -1.42. The highest BCUT2D eigenvalue weighted by Gasteiger charge is 2.43. The molecule has 1 fully saturated rings. The lowest BCUT2D eigenvalue weighted by molar-refractivity contribution is -0.128. The molecule has 17 heavy (non-hydrogen) atoms. The van der Waals surface area contributed by atoms with Gasteiger partial charge >= 0.3 is 0 Å². The van der Waals surface area contributed by atoms with E-state index in [0.717, 1.165) is 38.0 Å². The fourth-order valence-corrected chi connectivity index (χ4v) is 2.84. The summed E-state index contributed by atoms with van der Waals surface area (Å²) in [6.45, 7) is 2.01. The molecular weight excluding hydrogens is 214 g/mol. The minimum atomic E-state index is -0.192. The van der Waals surface area contributed by atoms with E-state index in [-0.39, 0.29) is 11.3 Å². The number of nitrogens with one attached hydrogen (secondary N) is 1. The van der Waals surface area contributed by atoms with Crippen LogP contribution in [-0.4, -0.2) is 35.9 Å². The maximum Gasteiger partial charge on any atom is 0.231 e. The standard InChI is InChI=1S/C13H17N3O/c1-16-6-3-13(4-7-16)8-10-9-14-5-2-11(10)15-12(13)17/h2,5,9H,3-4,6-8H2,1H3,(H,15,17). The van der Waals surface area contributed by atoms with Crippen LogP contribution in [0, 0.1) is 5.41 Å². The summed E-state index contributed by atoms with van der Waals surface area (Å²) >= 11 is 0. The molecule has 2 aliphatic rings. The predicted octanol–water partition coefficient (Wildman–Crippen LogP) is 1.29. The van der Waals surface area contributed by atoms with Crippen molar-refractivity contribution in [2.45, 2.75) is 19.3 Å². The first-order valence-corrected chi connectivity index (χ1v) is 6.13. The Kier molecular flexibility index (Phi) is 2.40. The van der Waals surface area contributed by atoms with Gasteiger partial charge in [-0.3, -0.25) is 9.78 Å². The molecule has 3 heterocycles. The van der Waals surface area contributed by atoms with Gasteiger partial charge in [-0.05, 0) is 51.0 Å². The zero-order valence-electron chi connectivity index (χ0n) is 10.1. The van der Waals surface area contributed by atoms with Gasteiger partial charge in [-0.2, -0.15) is 0 Å². The number of anilines is 1. The number of fused-ring (bicyclic) bond motifs is 1. The van der Waals surface area contributed by atoms with Crippen molar-refractivity contribution < 1.29 is 4.79 Å². The number of aromatic nitrogens is 1. The molecule has 4 nitrogen and oxygen atoms in total. The van der Waals surface area contributed by atoms with Crippen molar-refractivity contribution in [2.24, 2.45) is 5.41 Å². The summed E-state index contributed by atoms with van der Waals surface area (Å²) in [5.41, 5.74) is 1.92. The number of hydrogen-bond acceptors (Lipinski definition) is 3. The summed E-state index contributed by atoms with van der Waals surface area (Å²) in [5, 5.41) is 3.04. The quantitative estimate of drug-likeness (QED) is 0.731. The number of likely N-dealkylation sites (tertiary alicyclic amines) is 1. The number of piperidine rings is 1. The van der Waals surface area contributed by atoms with Gasteiger partial charge in [-0.1, -0.05) is 0 Å². The molecule has 0 saturated carbocycles.